The normalized spacial score (nSPS) is 12.9. The van der Waals surface area contributed by atoms with Crippen molar-refractivity contribution in [3.63, 3.8) is 0 Å². The fourth-order valence-electron chi connectivity index (χ4n) is 3.92. The highest BCUT2D eigenvalue weighted by Gasteiger charge is 2.26. The van der Waals surface area contributed by atoms with E-state index in [2.05, 4.69) is 77.9 Å². The predicted octanol–water partition coefficient (Wildman–Crippen LogP) is 6.84. The van der Waals surface area contributed by atoms with Gasteiger partial charge in [-0.3, -0.25) is 0 Å². The zero-order valence-corrected chi connectivity index (χ0v) is 15.4. The molecular weight excluding hydrogens is 292 g/mol. The van der Waals surface area contributed by atoms with Gasteiger partial charge in [0.2, 0.25) is 0 Å². The topological polar surface area (TPSA) is 9.23 Å². The maximum Gasteiger partial charge on any atom is 0.138 e. The third kappa shape index (κ3) is 2.07. The van der Waals surface area contributed by atoms with Gasteiger partial charge in [-0.15, -0.1) is 0 Å². The lowest BCUT2D eigenvalue weighted by atomic mass is 9.80. The maximum absolute atomic E-state index is 6.43. The first-order valence-electron chi connectivity index (χ1n) is 8.63. The standard InChI is InChI=1S/C23H24O/c1-13-11-15(3)21-18(12-13)16-9-10-19(23(4,5)6)17-8-7-14(2)22(24-21)20(16)17/h7-12H,1-6H3. The molecule has 0 amide bonds. The molecule has 1 aliphatic heterocycles. The van der Waals surface area contributed by atoms with Gasteiger partial charge in [0, 0.05) is 10.9 Å². The van der Waals surface area contributed by atoms with Crippen LogP contribution in [0, 0.1) is 20.8 Å². The van der Waals surface area contributed by atoms with E-state index in [4.69, 9.17) is 4.74 Å². The molecule has 3 aromatic carbocycles. The van der Waals surface area contributed by atoms with Gasteiger partial charge in [-0.05, 0) is 65.5 Å². The van der Waals surface area contributed by atoms with Gasteiger partial charge >= 0.3 is 0 Å². The molecular formula is C23H24O. The summed E-state index contributed by atoms with van der Waals surface area (Å²) in [4.78, 5) is 0. The van der Waals surface area contributed by atoms with Crippen molar-refractivity contribution in [3.05, 3.63) is 58.7 Å². The zero-order chi connectivity index (χ0) is 17.2. The molecule has 0 radical (unpaired) electrons. The van der Waals surface area contributed by atoms with E-state index in [0.717, 1.165) is 11.5 Å². The molecule has 0 spiro atoms. The summed E-state index contributed by atoms with van der Waals surface area (Å²) in [6.45, 7) is 13.2. The lowest BCUT2D eigenvalue weighted by molar-refractivity contribution is 0.479. The van der Waals surface area contributed by atoms with Gasteiger partial charge in [0.05, 0.1) is 0 Å². The molecule has 1 heterocycles. The van der Waals surface area contributed by atoms with Crippen LogP contribution in [0.1, 0.15) is 43.0 Å². The number of benzene rings is 3. The van der Waals surface area contributed by atoms with E-state index in [9.17, 15) is 0 Å². The second kappa shape index (κ2) is 4.86. The van der Waals surface area contributed by atoms with E-state index in [-0.39, 0.29) is 5.41 Å². The Morgan fingerprint density at radius 1 is 0.750 bits per heavy atom. The van der Waals surface area contributed by atoms with Crippen LogP contribution in [-0.4, -0.2) is 0 Å². The first-order valence-corrected chi connectivity index (χ1v) is 8.63. The van der Waals surface area contributed by atoms with E-state index in [0.29, 0.717) is 0 Å². The molecule has 0 aliphatic carbocycles. The van der Waals surface area contributed by atoms with Crippen molar-refractivity contribution >= 4 is 10.8 Å². The van der Waals surface area contributed by atoms with Crippen molar-refractivity contribution in [2.45, 2.75) is 47.0 Å². The Labute approximate surface area is 144 Å². The second-order valence-corrected chi connectivity index (χ2v) is 8.11. The summed E-state index contributed by atoms with van der Waals surface area (Å²) in [6.07, 6.45) is 0. The summed E-state index contributed by atoms with van der Waals surface area (Å²) in [5.74, 6) is 2.03. The Kier molecular flexibility index (Phi) is 3.09. The van der Waals surface area contributed by atoms with Gasteiger partial charge < -0.3 is 4.74 Å². The Morgan fingerprint density at radius 3 is 2.21 bits per heavy atom. The van der Waals surface area contributed by atoms with Crippen LogP contribution < -0.4 is 4.74 Å². The van der Waals surface area contributed by atoms with E-state index in [1.54, 1.807) is 0 Å². The van der Waals surface area contributed by atoms with Crippen LogP contribution in [0.5, 0.6) is 11.5 Å². The molecule has 3 aromatic rings. The maximum atomic E-state index is 6.43. The van der Waals surface area contributed by atoms with Crippen LogP contribution in [0.3, 0.4) is 0 Å². The first-order chi connectivity index (χ1) is 11.3. The molecule has 24 heavy (non-hydrogen) atoms. The smallest absolute Gasteiger partial charge is 0.138 e. The van der Waals surface area contributed by atoms with Crippen LogP contribution >= 0.6 is 0 Å². The minimum absolute atomic E-state index is 0.105. The van der Waals surface area contributed by atoms with Gasteiger partial charge in [0.1, 0.15) is 11.5 Å². The summed E-state index contributed by atoms with van der Waals surface area (Å²) in [6, 6.07) is 13.5. The minimum atomic E-state index is 0.105. The van der Waals surface area contributed by atoms with Crippen LogP contribution in [0.4, 0.5) is 0 Å². The van der Waals surface area contributed by atoms with Crippen molar-refractivity contribution in [3.8, 4) is 22.6 Å². The average molecular weight is 316 g/mol. The lowest BCUT2D eigenvalue weighted by Gasteiger charge is -2.28. The van der Waals surface area contributed by atoms with Crippen molar-refractivity contribution < 1.29 is 4.74 Å². The first kappa shape index (κ1) is 15.3. The number of fused-ring (bicyclic) bond motifs is 2. The van der Waals surface area contributed by atoms with Crippen LogP contribution in [-0.2, 0) is 5.41 Å². The molecule has 0 saturated carbocycles. The second-order valence-electron chi connectivity index (χ2n) is 8.11. The number of rotatable bonds is 0. The van der Waals surface area contributed by atoms with E-state index in [1.807, 2.05) is 0 Å². The van der Waals surface area contributed by atoms with E-state index >= 15 is 0 Å². The predicted molar refractivity (Wildman–Crippen MR) is 102 cm³/mol. The molecule has 1 nitrogen and oxygen atoms in total. The molecule has 1 heteroatoms. The molecule has 0 aromatic heterocycles. The zero-order valence-electron chi connectivity index (χ0n) is 15.4. The molecule has 0 unspecified atom stereocenters. The average Bonchev–Trinajstić information content (AvgIpc) is 2.49. The SMILES string of the molecule is Cc1cc(C)c2c(c1)-c1ccc(C(C)(C)C)c3ccc(C)c(c13)O2. The lowest BCUT2D eigenvalue weighted by Crippen LogP contribution is -2.13. The number of aryl methyl sites for hydroxylation is 3. The van der Waals surface area contributed by atoms with Crippen LogP contribution in [0.2, 0.25) is 0 Å². The van der Waals surface area contributed by atoms with Crippen LogP contribution in [0.15, 0.2) is 36.4 Å². The number of ether oxygens (including phenoxy) is 1. The van der Waals surface area contributed by atoms with Gasteiger partial charge in [-0.2, -0.15) is 0 Å². The number of hydrogen-bond donors (Lipinski definition) is 0. The Morgan fingerprint density at radius 2 is 1.50 bits per heavy atom. The summed E-state index contributed by atoms with van der Waals surface area (Å²) in [5, 5.41) is 2.57. The summed E-state index contributed by atoms with van der Waals surface area (Å²) in [7, 11) is 0. The molecule has 1 aliphatic rings. The van der Waals surface area contributed by atoms with Crippen molar-refractivity contribution in [1.29, 1.82) is 0 Å². The molecule has 0 fully saturated rings. The van der Waals surface area contributed by atoms with Crippen LogP contribution in [0.25, 0.3) is 21.9 Å². The van der Waals surface area contributed by atoms with E-state index in [1.165, 1.54) is 44.2 Å². The van der Waals surface area contributed by atoms with Crippen molar-refractivity contribution in [2.24, 2.45) is 0 Å². The van der Waals surface area contributed by atoms with E-state index < -0.39 is 0 Å². The highest BCUT2D eigenvalue weighted by atomic mass is 16.5. The molecule has 0 N–H and O–H groups in total. The third-order valence-corrected chi connectivity index (χ3v) is 5.05. The number of hydrogen-bond acceptors (Lipinski definition) is 1. The van der Waals surface area contributed by atoms with Gasteiger partial charge in [-0.25, -0.2) is 0 Å². The summed E-state index contributed by atoms with van der Waals surface area (Å²) < 4.78 is 6.43. The Hall–Kier alpha value is -2.28. The van der Waals surface area contributed by atoms with Gasteiger partial charge in [0.15, 0.2) is 0 Å². The summed E-state index contributed by atoms with van der Waals surface area (Å²) >= 11 is 0. The molecule has 122 valence electrons. The highest BCUT2D eigenvalue weighted by Crippen LogP contribution is 2.50. The fourth-order valence-corrected chi connectivity index (χ4v) is 3.92. The largest absolute Gasteiger partial charge is 0.455 e. The fraction of sp³-hybridized carbons (Fsp3) is 0.304. The Balaban J connectivity index is 2.17. The monoisotopic (exact) mass is 316 g/mol. The highest BCUT2D eigenvalue weighted by molar-refractivity contribution is 6.06. The van der Waals surface area contributed by atoms with Crippen molar-refractivity contribution in [2.75, 3.05) is 0 Å². The summed E-state index contributed by atoms with van der Waals surface area (Å²) in [5.41, 5.74) is 7.67. The quantitative estimate of drug-likeness (QED) is 0.345. The minimum Gasteiger partial charge on any atom is -0.455 e. The molecule has 4 rings (SSSR count). The molecule has 0 saturated heterocycles. The molecule has 0 bridgehead atoms. The molecule has 0 atom stereocenters. The van der Waals surface area contributed by atoms with Crippen molar-refractivity contribution in [1.82, 2.24) is 0 Å². The Bertz CT molecular complexity index is 987. The van der Waals surface area contributed by atoms with Gasteiger partial charge in [-0.1, -0.05) is 51.1 Å². The third-order valence-electron chi connectivity index (χ3n) is 5.05. The van der Waals surface area contributed by atoms with Gasteiger partial charge in [0.25, 0.3) is 0 Å².